The molecule has 6 heteroatoms. The Balaban J connectivity index is 2.01. The second kappa shape index (κ2) is 4.82. The lowest BCUT2D eigenvalue weighted by Gasteiger charge is -2.25. The van der Waals surface area contributed by atoms with Gasteiger partial charge in [0.2, 0.25) is 17.2 Å². The van der Waals surface area contributed by atoms with Gasteiger partial charge in [-0.15, -0.1) is 0 Å². The van der Waals surface area contributed by atoms with E-state index in [4.69, 9.17) is 11.6 Å². The van der Waals surface area contributed by atoms with E-state index in [9.17, 15) is 0 Å². The molecule has 0 bridgehead atoms. The van der Waals surface area contributed by atoms with Crippen molar-refractivity contribution in [2.45, 2.75) is 19.3 Å². The summed E-state index contributed by atoms with van der Waals surface area (Å²) in [7, 11) is 3.75. The molecule has 0 aromatic carbocycles. The van der Waals surface area contributed by atoms with Gasteiger partial charge in [-0.1, -0.05) is 6.42 Å². The van der Waals surface area contributed by atoms with Crippen molar-refractivity contribution >= 4 is 23.5 Å². The van der Waals surface area contributed by atoms with Gasteiger partial charge in [0.15, 0.2) is 0 Å². The summed E-state index contributed by atoms with van der Waals surface area (Å²) in [5.74, 6) is 1.91. The number of hydrogen-bond donors (Lipinski definition) is 1. The third-order valence-corrected chi connectivity index (χ3v) is 2.94. The Labute approximate surface area is 100 Å². The number of nitrogens with one attached hydrogen (secondary N) is 1. The van der Waals surface area contributed by atoms with Crippen LogP contribution in [0.5, 0.6) is 0 Å². The van der Waals surface area contributed by atoms with Crippen LogP contribution in [0, 0.1) is 5.92 Å². The summed E-state index contributed by atoms with van der Waals surface area (Å²) in [4.78, 5) is 14.2. The van der Waals surface area contributed by atoms with Crippen molar-refractivity contribution in [1.29, 1.82) is 0 Å². The van der Waals surface area contributed by atoms with E-state index in [-0.39, 0.29) is 5.28 Å². The van der Waals surface area contributed by atoms with Gasteiger partial charge in [0, 0.05) is 20.6 Å². The predicted molar refractivity (Wildman–Crippen MR) is 65.0 cm³/mol. The molecule has 0 radical (unpaired) electrons. The molecule has 1 aliphatic carbocycles. The lowest BCUT2D eigenvalue weighted by Crippen LogP contribution is -2.22. The first-order chi connectivity index (χ1) is 7.65. The smallest absolute Gasteiger partial charge is 0.230 e. The minimum Gasteiger partial charge on any atom is -0.354 e. The molecule has 0 aliphatic heterocycles. The van der Waals surface area contributed by atoms with Crippen LogP contribution in [0.1, 0.15) is 19.3 Å². The van der Waals surface area contributed by atoms with Crippen LogP contribution in [-0.4, -0.2) is 35.6 Å². The van der Waals surface area contributed by atoms with E-state index >= 15 is 0 Å². The largest absolute Gasteiger partial charge is 0.354 e. The van der Waals surface area contributed by atoms with E-state index in [0.717, 1.165) is 12.5 Å². The van der Waals surface area contributed by atoms with Gasteiger partial charge in [0.25, 0.3) is 0 Å². The van der Waals surface area contributed by atoms with Gasteiger partial charge in [0.05, 0.1) is 0 Å². The van der Waals surface area contributed by atoms with Crippen LogP contribution < -0.4 is 10.2 Å². The van der Waals surface area contributed by atoms with Gasteiger partial charge in [-0.05, 0) is 30.4 Å². The third-order valence-electron chi connectivity index (χ3n) is 2.77. The first-order valence-corrected chi connectivity index (χ1v) is 5.85. The highest BCUT2D eigenvalue weighted by Gasteiger charge is 2.17. The molecule has 2 rings (SSSR count). The maximum atomic E-state index is 5.83. The number of nitrogens with zero attached hydrogens (tertiary/aromatic N) is 4. The van der Waals surface area contributed by atoms with E-state index in [1.165, 1.54) is 19.3 Å². The average Bonchev–Trinajstić information content (AvgIpc) is 2.14. The molecule has 88 valence electrons. The summed E-state index contributed by atoms with van der Waals surface area (Å²) in [6.07, 6.45) is 3.94. The van der Waals surface area contributed by atoms with Gasteiger partial charge in [-0.25, -0.2) is 0 Å². The molecule has 0 unspecified atom stereocenters. The summed E-state index contributed by atoms with van der Waals surface area (Å²) in [5, 5.41) is 3.44. The summed E-state index contributed by atoms with van der Waals surface area (Å²) in [6, 6.07) is 0. The van der Waals surface area contributed by atoms with Crippen molar-refractivity contribution < 1.29 is 0 Å². The molecule has 1 heterocycles. The van der Waals surface area contributed by atoms with Crippen LogP contribution in [0.3, 0.4) is 0 Å². The molecule has 0 spiro atoms. The topological polar surface area (TPSA) is 53.9 Å². The quantitative estimate of drug-likeness (QED) is 0.871. The van der Waals surface area contributed by atoms with E-state index in [0.29, 0.717) is 11.9 Å². The molecular formula is C10H16ClN5. The fraction of sp³-hybridized carbons (Fsp3) is 0.700. The number of rotatable bonds is 4. The fourth-order valence-electron chi connectivity index (χ4n) is 1.55. The average molecular weight is 242 g/mol. The highest BCUT2D eigenvalue weighted by atomic mass is 35.5. The van der Waals surface area contributed by atoms with Crippen molar-refractivity contribution in [3.8, 4) is 0 Å². The van der Waals surface area contributed by atoms with Gasteiger partial charge in [-0.2, -0.15) is 15.0 Å². The number of aromatic nitrogens is 3. The van der Waals surface area contributed by atoms with Crippen LogP contribution >= 0.6 is 11.6 Å². The minimum atomic E-state index is 0.231. The molecule has 0 saturated heterocycles. The Morgan fingerprint density at radius 1 is 1.31 bits per heavy atom. The third kappa shape index (κ3) is 2.72. The molecule has 1 N–H and O–H groups in total. The summed E-state index contributed by atoms with van der Waals surface area (Å²) in [5.41, 5.74) is 0. The normalized spacial score (nSPS) is 15.7. The molecular weight excluding hydrogens is 226 g/mol. The lowest BCUT2D eigenvalue weighted by molar-refractivity contribution is 0.333. The van der Waals surface area contributed by atoms with Crippen LogP contribution in [-0.2, 0) is 0 Å². The zero-order valence-electron chi connectivity index (χ0n) is 9.57. The molecule has 1 aromatic rings. The Kier molecular flexibility index (Phi) is 3.43. The van der Waals surface area contributed by atoms with Gasteiger partial charge in [-0.3, -0.25) is 0 Å². The van der Waals surface area contributed by atoms with Crippen molar-refractivity contribution in [2.24, 2.45) is 5.92 Å². The van der Waals surface area contributed by atoms with Crippen LogP contribution in [0.25, 0.3) is 0 Å². The molecule has 1 saturated carbocycles. The van der Waals surface area contributed by atoms with E-state index < -0.39 is 0 Å². The predicted octanol–water partition coefficient (Wildman–Crippen LogP) is 1.80. The zero-order chi connectivity index (χ0) is 11.5. The van der Waals surface area contributed by atoms with Gasteiger partial charge in [0.1, 0.15) is 0 Å². The van der Waals surface area contributed by atoms with Crippen molar-refractivity contribution in [3.05, 3.63) is 5.28 Å². The van der Waals surface area contributed by atoms with Crippen molar-refractivity contribution in [2.75, 3.05) is 30.9 Å². The first-order valence-electron chi connectivity index (χ1n) is 5.48. The summed E-state index contributed by atoms with van der Waals surface area (Å²) < 4.78 is 0. The van der Waals surface area contributed by atoms with E-state index in [2.05, 4.69) is 20.3 Å². The molecule has 0 atom stereocenters. The molecule has 1 aliphatic rings. The fourth-order valence-corrected chi connectivity index (χ4v) is 1.71. The highest BCUT2D eigenvalue weighted by Crippen LogP contribution is 2.26. The van der Waals surface area contributed by atoms with E-state index in [1.807, 2.05) is 19.0 Å². The summed E-state index contributed by atoms with van der Waals surface area (Å²) in [6.45, 7) is 0.924. The monoisotopic (exact) mass is 241 g/mol. The first kappa shape index (κ1) is 11.4. The molecule has 16 heavy (non-hydrogen) atoms. The minimum absolute atomic E-state index is 0.231. The van der Waals surface area contributed by atoms with Crippen LogP contribution in [0.2, 0.25) is 5.28 Å². The Bertz CT molecular complexity index is 364. The molecule has 0 amide bonds. The SMILES string of the molecule is CN(C)c1nc(Cl)nc(NCC2CCC2)n1. The maximum absolute atomic E-state index is 5.83. The number of anilines is 2. The Morgan fingerprint density at radius 3 is 2.62 bits per heavy atom. The highest BCUT2D eigenvalue weighted by molar-refractivity contribution is 6.28. The molecule has 1 aromatic heterocycles. The van der Waals surface area contributed by atoms with E-state index in [1.54, 1.807) is 0 Å². The molecule has 5 nitrogen and oxygen atoms in total. The standard InChI is InChI=1S/C10H16ClN5/c1-16(2)10-14-8(11)13-9(15-10)12-6-7-4-3-5-7/h7H,3-6H2,1-2H3,(H,12,13,14,15). The second-order valence-corrected chi connectivity index (χ2v) is 4.64. The van der Waals surface area contributed by atoms with Gasteiger partial charge < -0.3 is 10.2 Å². The Hall–Kier alpha value is -1.10. The van der Waals surface area contributed by atoms with Crippen LogP contribution in [0.4, 0.5) is 11.9 Å². The lowest BCUT2D eigenvalue weighted by atomic mass is 9.85. The number of halogens is 1. The van der Waals surface area contributed by atoms with Crippen molar-refractivity contribution in [3.63, 3.8) is 0 Å². The summed E-state index contributed by atoms with van der Waals surface area (Å²) >= 11 is 5.83. The maximum Gasteiger partial charge on any atom is 0.230 e. The van der Waals surface area contributed by atoms with Crippen LogP contribution in [0.15, 0.2) is 0 Å². The second-order valence-electron chi connectivity index (χ2n) is 4.30. The Morgan fingerprint density at radius 2 is 2.06 bits per heavy atom. The molecule has 1 fully saturated rings. The van der Waals surface area contributed by atoms with Gasteiger partial charge >= 0.3 is 0 Å². The number of hydrogen-bond acceptors (Lipinski definition) is 5. The van der Waals surface area contributed by atoms with Crippen molar-refractivity contribution in [1.82, 2.24) is 15.0 Å². The zero-order valence-corrected chi connectivity index (χ0v) is 10.3.